The predicted octanol–water partition coefficient (Wildman–Crippen LogP) is 2.08. The van der Waals surface area contributed by atoms with Gasteiger partial charge in [-0.15, -0.1) is 10.2 Å². The van der Waals surface area contributed by atoms with Gasteiger partial charge in [-0.25, -0.2) is 9.97 Å². The van der Waals surface area contributed by atoms with Gasteiger partial charge in [0.1, 0.15) is 10.8 Å². The van der Waals surface area contributed by atoms with Gasteiger partial charge in [0.25, 0.3) is 0 Å². The molecular formula is C12H11ClN4O. The van der Waals surface area contributed by atoms with E-state index >= 15 is 0 Å². The highest BCUT2D eigenvalue weighted by Crippen LogP contribution is 2.28. The zero-order chi connectivity index (χ0) is 12.5. The smallest absolute Gasteiger partial charge is 0.233 e. The van der Waals surface area contributed by atoms with Gasteiger partial charge in [-0.2, -0.15) is 0 Å². The molecule has 92 valence electrons. The Labute approximate surface area is 109 Å². The minimum absolute atomic E-state index is 0.464. The molecule has 6 heteroatoms. The van der Waals surface area contributed by atoms with Crippen LogP contribution in [0.25, 0.3) is 11.5 Å². The van der Waals surface area contributed by atoms with Crippen LogP contribution in [-0.2, 0) is 12.8 Å². The molecule has 5 nitrogen and oxygen atoms in total. The van der Waals surface area contributed by atoms with Gasteiger partial charge in [0.2, 0.25) is 5.88 Å². The summed E-state index contributed by atoms with van der Waals surface area (Å²) in [5.74, 6) is 0.988. The quantitative estimate of drug-likeness (QED) is 0.776. The van der Waals surface area contributed by atoms with Gasteiger partial charge in [-0.1, -0.05) is 11.6 Å². The van der Waals surface area contributed by atoms with Crippen molar-refractivity contribution in [1.29, 1.82) is 0 Å². The minimum atomic E-state index is 0.464. The fourth-order valence-corrected chi connectivity index (χ4v) is 2.33. The molecule has 2 heterocycles. The molecule has 1 aliphatic carbocycles. The van der Waals surface area contributed by atoms with E-state index in [0.29, 0.717) is 22.6 Å². The molecule has 1 aliphatic rings. The van der Waals surface area contributed by atoms with Crippen molar-refractivity contribution in [2.45, 2.75) is 19.3 Å². The third-order valence-corrected chi connectivity index (χ3v) is 3.27. The van der Waals surface area contributed by atoms with Crippen molar-refractivity contribution < 1.29 is 4.74 Å². The number of rotatable bonds is 2. The molecule has 0 spiro atoms. The number of fused-ring (bicyclic) bond motifs is 1. The minimum Gasteiger partial charge on any atom is -0.480 e. The number of hydrogen-bond acceptors (Lipinski definition) is 5. The number of hydrogen-bond donors (Lipinski definition) is 0. The van der Waals surface area contributed by atoms with E-state index in [2.05, 4.69) is 20.2 Å². The summed E-state index contributed by atoms with van der Waals surface area (Å²) in [6.07, 6.45) is 3.00. The molecule has 2 aromatic heterocycles. The average Bonchev–Trinajstić information content (AvgIpc) is 2.88. The molecule has 0 N–H and O–H groups in total. The Morgan fingerprint density at radius 1 is 1.17 bits per heavy atom. The third kappa shape index (κ3) is 1.90. The Morgan fingerprint density at radius 2 is 2.06 bits per heavy atom. The van der Waals surface area contributed by atoms with Gasteiger partial charge in [0.05, 0.1) is 7.11 Å². The van der Waals surface area contributed by atoms with Crippen LogP contribution in [0.1, 0.15) is 17.7 Å². The maximum absolute atomic E-state index is 6.16. The fourth-order valence-electron chi connectivity index (χ4n) is 2.05. The van der Waals surface area contributed by atoms with Crippen LogP contribution in [0.5, 0.6) is 5.88 Å². The number of aryl methyl sites for hydroxylation is 1. The van der Waals surface area contributed by atoms with Crippen LogP contribution in [0.4, 0.5) is 0 Å². The van der Waals surface area contributed by atoms with Crippen molar-refractivity contribution in [3.05, 3.63) is 28.5 Å². The summed E-state index contributed by atoms with van der Waals surface area (Å²) in [7, 11) is 1.55. The molecule has 0 amide bonds. The highest BCUT2D eigenvalue weighted by molar-refractivity contribution is 6.30. The lowest BCUT2D eigenvalue weighted by Gasteiger charge is -2.05. The topological polar surface area (TPSA) is 60.8 Å². The molecule has 0 unspecified atom stereocenters. The molecule has 0 bridgehead atoms. The van der Waals surface area contributed by atoms with Crippen LogP contribution in [0, 0.1) is 0 Å². The molecule has 18 heavy (non-hydrogen) atoms. The molecular weight excluding hydrogens is 252 g/mol. The van der Waals surface area contributed by atoms with Gasteiger partial charge in [0.15, 0.2) is 5.82 Å². The molecule has 0 saturated heterocycles. The van der Waals surface area contributed by atoms with Crippen molar-refractivity contribution in [3.63, 3.8) is 0 Å². The first-order valence-electron chi connectivity index (χ1n) is 5.71. The lowest BCUT2D eigenvalue weighted by molar-refractivity contribution is 0.392. The Morgan fingerprint density at radius 3 is 2.78 bits per heavy atom. The monoisotopic (exact) mass is 262 g/mol. The average molecular weight is 263 g/mol. The molecule has 3 rings (SSSR count). The van der Waals surface area contributed by atoms with E-state index in [0.717, 1.165) is 30.5 Å². The number of ether oxygens (including phenoxy) is 1. The van der Waals surface area contributed by atoms with Crippen LogP contribution in [-0.4, -0.2) is 27.3 Å². The van der Waals surface area contributed by atoms with Crippen molar-refractivity contribution >= 4 is 11.6 Å². The molecule has 0 saturated carbocycles. The van der Waals surface area contributed by atoms with Crippen LogP contribution < -0.4 is 4.74 Å². The predicted molar refractivity (Wildman–Crippen MR) is 66.6 cm³/mol. The fraction of sp³-hybridized carbons (Fsp3) is 0.333. The maximum atomic E-state index is 6.16. The number of methoxy groups -OCH3 is 1. The first-order valence-corrected chi connectivity index (χ1v) is 6.09. The van der Waals surface area contributed by atoms with E-state index in [1.165, 1.54) is 0 Å². The van der Waals surface area contributed by atoms with Crippen molar-refractivity contribution in [3.8, 4) is 17.4 Å². The maximum Gasteiger partial charge on any atom is 0.233 e. The Balaban J connectivity index is 2.03. The summed E-state index contributed by atoms with van der Waals surface area (Å²) in [4.78, 5) is 8.78. The Kier molecular flexibility index (Phi) is 2.83. The second-order valence-corrected chi connectivity index (χ2v) is 4.44. The SMILES string of the molecule is COc1ccc(-c2nc(Cl)c3c(n2)CCC3)nn1. The van der Waals surface area contributed by atoms with E-state index in [-0.39, 0.29) is 0 Å². The number of nitrogens with zero attached hydrogens (tertiary/aromatic N) is 4. The molecule has 2 aromatic rings. The zero-order valence-corrected chi connectivity index (χ0v) is 10.6. The van der Waals surface area contributed by atoms with E-state index in [4.69, 9.17) is 16.3 Å². The van der Waals surface area contributed by atoms with Gasteiger partial charge in [-0.3, -0.25) is 0 Å². The zero-order valence-electron chi connectivity index (χ0n) is 9.85. The van der Waals surface area contributed by atoms with Crippen LogP contribution >= 0.6 is 11.6 Å². The first kappa shape index (κ1) is 11.3. The lowest BCUT2D eigenvalue weighted by atomic mass is 10.2. The second kappa shape index (κ2) is 4.49. The van der Waals surface area contributed by atoms with Gasteiger partial charge >= 0.3 is 0 Å². The first-order chi connectivity index (χ1) is 8.78. The van der Waals surface area contributed by atoms with Gasteiger partial charge < -0.3 is 4.74 Å². The largest absolute Gasteiger partial charge is 0.480 e. The van der Waals surface area contributed by atoms with Gasteiger partial charge in [0, 0.05) is 17.3 Å². The molecule has 0 aliphatic heterocycles. The standard InChI is InChI=1S/C12H11ClN4O/c1-18-10-6-5-9(16-17-10)12-14-8-4-2-3-7(8)11(13)15-12/h5-6H,2-4H2,1H3. The Hall–Kier alpha value is -1.75. The van der Waals surface area contributed by atoms with Crippen molar-refractivity contribution in [2.24, 2.45) is 0 Å². The highest BCUT2D eigenvalue weighted by atomic mass is 35.5. The third-order valence-electron chi connectivity index (χ3n) is 2.96. The van der Waals surface area contributed by atoms with Crippen LogP contribution in [0.15, 0.2) is 12.1 Å². The summed E-state index contributed by atoms with van der Waals surface area (Å²) in [6, 6.07) is 3.51. The van der Waals surface area contributed by atoms with E-state index in [1.54, 1.807) is 19.2 Å². The van der Waals surface area contributed by atoms with Crippen LogP contribution in [0.2, 0.25) is 5.15 Å². The lowest BCUT2D eigenvalue weighted by Crippen LogP contribution is -2.00. The summed E-state index contributed by atoms with van der Waals surface area (Å²) in [5.41, 5.74) is 2.71. The van der Waals surface area contributed by atoms with Crippen LogP contribution in [0.3, 0.4) is 0 Å². The normalized spacial score (nSPS) is 13.4. The van der Waals surface area contributed by atoms with Crippen molar-refractivity contribution in [2.75, 3.05) is 7.11 Å². The molecule has 0 aromatic carbocycles. The van der Waals surface area contributed by atoms with E-state index < -0.39 is 0 Å². The number of aromatic nitrogens is 4. The summed E-state index contributed by atoms with van der Waals surface area (Å²) in [5, 5.41) is 8.46. The highest BCUT2D eigenvalue weighted by Gasteiger charge is 2.19. The second-order valence-electron chi connectivity index (χ2n) is 4.08. The molecule has 0 atom stereocenters. The van der Waals surface area contributed by atoms with E-state index in [1.807, 2.05) is 0 Å². The Bertz CT molecular complexity index is 585. The van der Waals surface area contributed by atoms with E-state index in [9.17, 15) is 0 Å². The molecule has 0 radical (unpaired) electrons. The summed E-state index contributed by atoms with van der Waals surface area (Å²) >= 11 is 6.16. The number of halogens is 1. The summed E-state index contributed by atoms with van der Waals surface area (Å²) in [6.45, 7) is 0. The van der Waals surface area contributed by atoms with Gasteiger partial charge in [-0.05, 0) is 25.3 Å². The molecule has 0 fully saturated rings. The summed E-state index contributed by atoms with van der Waals surface area (Å²) < 4.78 is 4.96. The van der Waals surface area contributed by atoms with Crippen molar-refractivity contribution in [1.82, 2.24) is 20.2 Å².